The number of non-ortho nitro benzene ring substituents is 1. The number of phenols is 1. The molecule has 0 bridgehead atoms. The normalized spacial score (nSPS) is 13.0. The van der Waals surface area contributed by atoms with Crippen molar-refractivity contribution in [2.24, 2.45) is 0 Å². The van der Waals surface area contributed by atoms with Gasteiger partial charge in [-0.25, -0.2) is 0 Å². The minimum Gasteiger partial charge on any atom is -0.507 e. The van der Waals surface area contributed by atoms with E-state index >= 15 is 0 Å². The Hall–Kier alpha value is -2.68. The lowest BCUT2D eigenvalue weighted by atomic mass is 10.1. The number of carbonyl (C=O) groups excluding carboxylic acids is 2. The zero-order chi connectivity index (χ0) is 16.9. The zero-order valence-corrected chi connectivity index (χ0v) is 12.1. The number of aliphatic hydroxyl groups is 1. The maximum absolute atomic E-state index is 12.0. The molecular weight excluding hydrogens is 294 g/mol. The monoisotopic (exact) mass is 311 g/mol. The number of carbonyl (C=O) groups is 2. The minimum absolute atomic E-state index is 0.236. The number of hydrogen-bond acceptors (Lipinski definition) is 6. The number of nitrogens with one attached hydrogen (secondary N) is 2. The molecular formula is C13H17N3O6. The van der Waals surface area contributed by atoms with Crippen LogP contribution in [-0.2, 0) is 4.79 Å². The summed E-state index contributed by atoms with van der Waals surface area (Å²) >= 11 is 0. The van der Waals surface area contributed by atoms with Crippen LogP contribution in [0, 0.1) is 10.1 Å². The molecule has 0 aromatic heterocycles. The van der Waals surface area contributed by atoms with E-state index in [9.17, 15) is 29.9 Å². The van der Waals surface area contributed by atoms with E-state index in [2.05, 4.69) is 10.6 Å². The number of hydrogen-bond donors (Lipinski definition) is 4. The van der Waals surface area contributed by atoms with E-state index in [1.807, 2.05) is 0 Å². The largest absolute Gasteiger partial charge is 0.507 e. The first-order chi connectivity index (χ1) is 10.3. The van der Waals surface area contributed by atoms with Gasteiger partial charge in [-0.15, -0.1) is 0 Å². The van der Waals surface area contributed by atoms with Gasteiger partial charge < -0.3 is 20.8 Å². The highest BCUT2D eigenvalue weighted by Gasteiger charge is 2.26. The van der Waals surface area contributed by atoms with E-state index in [0.717, 1.165) is 18.2 Å². The number of phenolic OH excluding ortho intramolecular Hbond substituents is 1. The van der Waals surface area contributed by atoms with Gasteiger partial charge in [0.1, 0.15) is 11.8 Å². The predicted molar refractivity (Wildman–Crippen MR) is 76.4 cm³/mol. The maximum Gasteiger partial charge on any atom is 0.273 e. The van der Waals surface area contributed by atoms with Gasteiger partial charge in [0.05, 0.1) is 22.7 Å². The van der Waals surface area contributed by atoms with Crippen LogP contribution in [0.4, 0.5) is 5.69 Å². The lowest BCUT2D eigenvalue weighted by Crippen LogP contribution is -2.52. The summed E-state index contributed by atoms with van der Waals surface area (Å²) in [4.78, 5) is 33.6. The number of likely N-dealkylation sites (N-methyl/N-ethyl adjacent to an activating group) is 1. The summed E-state index contributed by atoms with van der Waals surface area (Å²) < 4.78 is 0. The number of nitro benzene ring substituents is 1. The highest BCUT2D eigenvalue weighted by molar-refractivity contribution is 6.00. The topological polar surface area (TPSA) is 142 Å². The van der Waals surface area contributed by atoms with Crippen molar-refractivity contribution in [2.75, 3.05) is 6.54 Å². The summed E-state index contributed by atoms with van der Waals surface area (Å²) in [6.07, 6.45) is -1.16. The molecule has 2 amide bonds. The van der Waals surface area contributed by atoms with E-state index < -0.39 is 34.6 Å². The molecule has 22 heavy (non-hydrogen) atoms. The SMILES string of the molecule is CCNC(=O)C(NC(=O)c1ccc([N+](=O)[O-])cc1O)C(C)O. The highest BCUT2D eigenvalue weighted by atomic mass is 16.6. The average Bonchev–Trinajstić information content (AvgIpc) is 2.43. The molecule has 0 radical (unpaired) electrons. The Kier molecular flexibility index (Phi) is 5.81. The van der Waals surface area contributed by atoms with Crippen molar-refractivity contribution in [1.29, 1.82) is 0 Å². The van der Waals surface area contributed by atoms with Gasteiger partial charge in [-0.2, -0.15) is 0 Å². The molecule has 2 unspecified atom stereocenters. The summed E-state index contributed by atoms with van der Waals surface area (Å²) in [6, 6.07) is 1.75. The molecule has 0 fully saturated rings. The fourth-order valence-electron chi connectivity index (χ4n) is 1.73. The summed E-state index contributed by atoms with van der Waals surface area (Å²) in [5.74, 6) is -2.00. The van der Waals surface area contributed by atoms with Crippen molar-refractivity contribution in [1.82, 2.24) is 10.6 Å². The van der Waals surface area contributed by atoms with Crippen LogP contribution in [0.15, 0.2) is 18.2 Å². The molecule has 1 rings (SSSR count). The predicted octanol–water partition coefficient (Wildman–Crippen LogP) is -0.0843. The molecule has 9 nitrogen and oxygen atoms in total. The number of benzene rings is 1. The Morgan fingerprint density at radius 2 is 2.05 bits per heavy atom. The Morgan fingerprint density at radius 1 is 1.41 bits per heavy atom. The van der Waals surface area contributed by atoms with Crippen LogP contribution in [0.3, 0.4) is 0 Å². The number of aromatic hydroxyl groups is 1. The summed E-state index contributed by atoms with van der Waals surface area (Å²) in [5.41, 5.74) is -0.606. The third-order valence-electron chi connectivity index (χ3n) is 2.84. The van der Waals surface area contributed by atoms with Crippen LogP contribution in [0.5, 0.6) is 5.75 Å². The van der Waals surface area contributed by atoms with Crippen molar-refractivity contribution in [3.8, 4) is 5.75 Å². The van der Waals surface area contributed by atoms with Gasteiger partial charge in [-0.05, 0) is 19.9 Å². The second-order valence-corrected chi connectivity index (χ2v) is 4.54. The molecule has 0 saturated carbocycles. The Balaban J connectivity index is 2.95. The van der Waals surface area contributed by atoms with Gasteiger partial charge in [0.15, 0.2) is 0 Å². The van der Waals surface area contributed by atoms with Crippen LogP contribution < -0.4 is 10.6 Å². The smallest absolute Gasteiger partial charge is 0.273 e. The average molecular weight is 311 g/mol. The molecule has 0 spiro atoms. The number of rotatable bonds is 6. The summed E-state index contributed by atoms with van der Waals surface area (Å²) in [6.45, 7) is 3.33. The van der Waals surface area contributed by atoms with Crippen molar-refractivity contribution in [2.45, 2.75) is 26.0 Å². The Labute approximate surface area is 126 Å². The maximum atomic E-state index is 12.0. The second-order valence-electron chi connectivity index (χ2n) is 4.54. The van der Waals surface area contributed by atoms with E-state index in [4.69, 9.17) is 0 Å². The van der Waals surface area contributed by atoms with Crippen molar-refractivity contribution < 1.29 is 24.7 Å². The fraction of sp³-hybridized carbons (Fsp3) is 0.385. The van der Waals surface area contributed by atoms with Gasteiger partial charge in [-0.3, -0.25) is 19.7 Å². The Bertz CT molecular complexity index is 587. The molecule has 0 heterocycles. The van der Waals surface area contributed by atoms with Crippen molar-refractivity contribution >= 4 is 17.5 Å². The molecule has 1 aromatic rings. The first-order valence-corrected chi connectivity index (χ1v) is 6.52. The van der Waals surface area contributed by atoms with Crippen LogP contribution in [0.25, 0.3) is 0 Å². The van der Waals surface area contributed by atoms with Gasteiger partial charge in [0, 0.05) is 12.6 Å². The van der Waals surface area contributed by atoms with Gasteiger partial charge >= 0.3 is 0 Å². The summed E-state index contributed by atoms with van der Waals surface area (Å²) in [5, 5.41) is 34.5. The molecule has 0 saturated heterocycles. The van der Waals surface area contributed by atoms with Gasteiger partial charge in [0.2, 0.25) is 5.91 Å². The lowest BCUT2D eigenvalue weighted by molar-refractivity contribution is -0.384. The molecule has 4 N–H and O–H groups in total. The van der Waals surface area contributed by atoms with Gasteiger partial charge in [-0.1, -0.05) is 0 Å². The highest BCUT2D eigenvalue weighted by Crippen LogP contribution is 2.23. The lowest BCUT2D eigenvalue weighted by Gasteiger charge is -2.20. The van der Waals surface area contributed by atoms with E-state index in [1.165, 1.54) is 6.92 Å². The van der Waals surface area contributed by atoms with E-state index in [0.29, 0.717) is 6.54 Å². The Morgan fingerprint density at radius 3 is 2.50 bits per heavy atom. The molecule has 0 aliphatic heterocycles. The molecule has 120 valence electrons. The first kappa shape index (κ1) is 17.4. The molecule has 9 heteroatoms. The zero-order valence-electron chi connectivity index (χ0n) is 12.1. The molecule has 0 aliphatic rings. The quantitative estimate of drug-likeness (QED) is 0.427. The number of amides is 2. The third-order valence-corrected chi connectivity index (χ3v) is 2.84. The summed E-state index contributed by atoms with van der Waals surface area (Å²) in [7, 11) is 0. The van der Waals surface area contributed by atoms with Crippen LogP contribution in [0.2, 0.25) is 0 Å². The fourth-order valence-corrected chi connectivity index (χ4v) is 1.73. The molecule has 2 atom stereocenters. The molecule has 1 aromatic carbocycles. The number of nitro groups is 1. The van der Waals surface area contributed by atoms with Crippen molar-refractivity contribution in [3.05, 3.63) is 33.9 Å². The number of nitrogens with zero attached hydrogens (tertiary/aromatic N) is 1. The van der Waals surface area contributed by atoms with Crippen LogP contribution in [-0.4, -0.2) is 45.6 Å². The van der Waals surface area contributed by atoms with Crippen LogP contribution in [0.1, 0.15) is 24.2 Å². The van der Waals surface area contributed by atoms with E-state index in [-0.39, 0.29) is 11.3 Å². The van der Waals surface area contributed by atoms with Crippen LogP contribution >= 0.6 is 0 Å². The molecule has 0 aliphatic carbocycles. The first-order valence-electron chi connectivity index (χ1n) is 6.52. The minimum atomic E-state index is -1.21. The standard InChI is InChI=1S/C13H17N3O6/c1-3-14-13(20)11(7(2)17)15-12(19)9-5-4-8(16(21)22)6-10(9)18/h4-7,11,17-18H,3H2,1-2H3,(H,14,20)(H,15,19). The van der Waals surface area contributed by atoms with Crippen molar-refractivity contribution in [3.63, 3.8) is 0 Å². The van der Waals surface area contributed by atoms with E-state index in [1.54, 1.807) is 6.92 Å². The number of aliphatic hydroxyl groups excluding tert-OH is 1. The third kappa shape index (κ3) is 4.16. The van der Waals surface area contributed by atoms with Gasteiger partial charge in [0.25, 0.3) is 11.6 Å². The second kappa shape index (κ2) is 7.36.